The van der Waals surface area contributed by atoms with Crippen LogP contribution in [0, 0.1) is 5.92 Å². The summed E-state index contributed by atoms with van der Waals surface area (Å²) in [5, 5.41) is 8.94. The number of nitrogens with two attached hydrogens (primary N) is 1. The Labute approximate surface area is 61.8 Å². The van der Waals surface area contributed by atoms with E-state index in [0.29, 0.717) is 18.5 Å². The van der Waals surface area contributed by atoms with Gasteiger partial charge in [-0.3, -0.25) is 0 Å². The maximum Gasteiger partial charge on any atom is 0.0589 e. The quantitative estimate of drug-likeness (QED) is 0.536. The van der Waals surface area contributed by atoms with Gasteiger partial charge in [0, 0.05) is 6.04 Å². The highest BCUT2D eigenvalue weighted by Gasteiger charge is 2.29. The van der Waals surface area contributed by atoms with Crippen molar-refractivity contribution in [3.8, 4) is 0 Å². The molecule has 0 aromatic heterocycles. The average Bonchev–Trinajstić information content (AvgIpc) is 2.30. The second-order valence-electron chi connectivity index (χ2n) is 3.01. The molecule has 0 aromatic carbocycles. The minimum atomic E-state index is 0.248. The zero-order chi connectivity index (χ0) is 7.56. The van der Waals surface area contributed by atoms with Crippen molar-refractivity contribution in [3.05, 3.63) is 0 Å². The Morgan fingerprint density at radius 1 is 1.70 bits per heavy atom. The van der Waals surface area contributed by atoms with Crippen LogP contribution in [0.2, 0.25) is 0 Å². The van der Waals surface area contributed by atoms with E-state index in [-0.39, 0.29) is 6.61 Å². The lowest BCUT2D eigenvalue weighted by molar-refractivity contribution is 0.157. The lowest BCUT2D eigenvalue weighted by Crippen LogP contribution is -2.35. The first-order chi connectivity index (χ1) is 4.79. The first-order valence-electron chi connectivity index (χ1n) is 3.80. The molecule has 10 heavy (non-hydrogen) atoms. The molecule has 60 valence electrons. The third-order valence-corrected chi connectivity index (χ3v) is 2.45. The fourth-order valence-corrected chi connectivity index (χ4v) is 1.65. The molecule has 0 bridgehead atoms. The van der Waals surface area contributed by atoms with Gasteiger partial charge in [-0.2, -0.15) is 0 Å². The first kappa shape index (κ1) is 7.98. The minimum absolute atomic E-state index is 0.248. The molecule has 3 N–H and O–H groups in total. The third kappa shape index (κ3) is 1.31. The van der Waals surface area contributed by atoms with Crippen LogP contribution in [0.4, 0.5) is 0 Å². The lowest BCUT2D eigenvalue weighted by Gasteiger charge is -2.21. The monoisotopic (exact) mass is 144 g/mol. The van der Waals surface area contributed by atoms with E-state index in [4.69, 9.17) is 10.8 Å². The Hall–Kier alpha value is -0.120. The Morgan fingerprint density at radius 2 is 2.40 bits per heavy atom. The van der Waals surface area contributed by atoms with Gasteiger partial charge in [-0.15, -0.1) is 0 Å². The van der Waals surface area contributed by atoms with Crippen LogP contribution in [0.25, 0.3) is 0 Å². The summed E-state index contributed by atoms with van der Waals surface area (Å²) >= 11 is 0. The van der Waals surface area contributed by atoms with Crippen molar-refractivity contribution in [2.24, 2.45) is 11.7 Å². The lowest BCUT2D eigenvalue weighted by atomic mass is 10.0. The molecule has 3 heteroatoms. The van der Waals surface area contributed by atoms with E-state index in [1.54, 1.807) is 0 Å². The van der Waals surface area contributed by atoms with Gasteiger partial charge in [0.15, 0.2) is 0 Å². The zero-order valence-electron chi connectivity index (χ0n) is 6.45. The third-order valence-electron chi connectivity index (χ3n) is 2.45. The smallest absolute Gasteiger partial charge is 0.0589 e. The highest BCUT2D eigenvalue weighted by Crippen LogP contribution is 2.20. The van der Waals surface area contributed by atoms with Crippen LogP contribution >= 0.6 is 0 Å². The normalized spacial score (nSPS) is 35.1. The number of likely N-dealkylation sites (N-methyl/N-ethyl adjacent to an activating group) is 1. The zero-order valence-corrected chi connectivity index (χ0v) is 6.45. The molecule has 0 aliphatic carbocycles. The highest BCUT2D eigenvalue weighted by molar-refractivity contribution is 4.84. The van der Waals surface area contributed by atoms with Crippen molar-refractivity contribution in [2.45, 2.75) is 12.5 Å². The van der Waals surface area contributed by atoms with E-state index in [0.717, 1.165) is 13.0 Å². The molecule has 0 unspecified atom stereocenters. The maximum absolute atomic E-state index is 8.94. The van der Waals surface area contributed by atoms with Gasteiger partial charge in [-0.05, 0) is 32.5 Å². The Morgan fingerprint density at radius 3 is 2.80 bits per heavy atom. The van der Waals surface area contributed by atoms with Crippen LogP contribution in [0.1, 0.15) is 6.42 Å². The first-order valence-corrected chi connectivity index (χ1v) is 3.80. The van der Waals surface area contributed by atoms with Crippen LogP contribution in [0.3, 0.4) is 0 Å². The molecule has 2 atom stereocenters. The summed E-state index contributed by atoms with van der Waals surface area (Å²) in [4.78, 5) is 2.18. The van der Waals surface area contributed by atoms with Crippen molar-refractivity contribution in [1.29, 1.82) is 0 Å². The van der Waals surface area contributed by atoms with Crippen LogP contribution in [-0.2, 0) is 0 Å². The van der Waals surface area contributed by atoms with Gasteiger partial charge < -0.3 is 15.7 Å². The van der Waals surface area contributed by atoms with Crippen LogP contribution < -0.4 is 5.73 Å². The van der Waals surface area contributed by atoms with Gasteiger partial charge in [0.05, 0.1) is 6.61 Å². The largest absolute Gasteiger partial charge is 0.395 e. The molecular weight excluding hydrogens is 128 g/mol. The summed E-state index contributed by atoms with van der Waals surface area (Å²) in [7, 11) is 2.04. The number of hydrogen-bond acceptors (Lipinski definition) is 3. The van der Waals surface area contributed by atoms with Crippen LogP contribution in [-0.4, -0.2) is 42.8 Å². The summed E-state index contributed by atoms with van der Waals surface area (Å²) < 4.78 is 0. The summed E-state index contributed by atoms with van der Waals surface area (Å²) in [5.41, 5.74) is 5.52. The molecule has 1 heterocycles. The number of nitrogens with zero attached hydrogens (tertiary/aromatic N) is 1. The van der Waals surface area contributed by atoms with Gasteiger partial charge in [-0.25, -0.2) is 0 Å². The Kier molecular flexibility index (Phi) is 2.65. The van der Waals surface area contributed by atoms with E-state index in [9.17, 15) is 0 Å². The van der Waals surface area contributed by atoms with Crippen molar-refractivity contribution >= 4 is 0 Å². The van der Waals surface area contributed by atoms with Crippen molar-refractivity contribution in [1.82, 2.24) is 4.90 Å². The van der Waals surface area contributed by atoms with Gasteiger partial charge >= 0.3 is 0 Å². The van der Waals surface area contributed by atoms with Crippen molar-refractivity contribution in [3.63, 3.8) is 0 Å². The molecule has 1 saturated heterocycles. The molecule has 0 amide bonds. The highest BCUT2D eigenvalue weighted by atomic mass is 16.3. The molecular formula is C7H16N2O. The predicted molar refractivity (Wildman–Crippen MR) is 40.7 cm³/mol. The maximum atomic E-state index is 8.94. The van der Waals surface area contributed by atoms with Gasteiger partial charge in [0.25, 0.3) is 0 Å². The van der Waals surface area contributed by atoms with Crippen molar-refractivity contribution in [2.75, 3.05) is 26.7 Å². The summed E-state index contributed by atoms with van der Waals surface area (Å²) in [6, 6.07) is 0.310. The summed E-state index contributed by atoms with van der Waals surface area (Å²) in [6.45, 7) is 2.03. The second kappa shape index (κ2) is 3.32. The topological polar surface area (TPSA) is 49.5 Å². The molecule has 1 aliphatic rings. The van der Waals surface area contributed by atoms with E-state index in [1.165, 1.54) is 0 Å². The van der Waals surface area contributed by atoms with Crippen molar-refractivity contribution < 1.29 is 5.11 Å². The van der Waals surface area contributed by atoms with Crippen LogP contribution in [0.15, 0.2) is 0 Å². The minimum Gasteiger partial charge on any atom is -0.395 e. The molecule has 0 aromatic rings. The second-order valence-corrected chi connectivity index (χ2v) is 3.01. The molecule has 0 radical (unpaired) electrons. The molecule has 0 spiro atoms. The average molecular weight is 144 g/mol. The van der Waals surface area contributed by atoms with Gasteiger partial charge in [0.1, 0.15) is 0 Å². The molecule has 3 nitrogen and oxygen atoms in total. The standard InChI is InChI=1S/C7H16N2O/c1-9-3-2-6(4-8)7(9)5-10/h6-7,10H,2-5,8H2,1H3/t6-,7-/m1/s1. The molecule has 1 fully saturated rings. The van der Waals surface area contributed by atoms with Gasteiger partial charge in [0.2, 0.25) is 0 Å². The number of hydrogen-bond donors (Lipinski definition) is 2. The SMILES string of the molecule is CN1CC[C@H](CN)[C@H]1CO. The molecule has 1 rings (SSSR count). The molecule has 0 saturated carbocycles. The number of likely N-dealkylation sites (tertiary alicyclic amines) is 1. The number of rotatable bonds is 2. The fourth-order valence-electron chi connectivity index (χ4n) is 1.65. The molecule has 1 aliphatic heterocycles. The van der Waals surface area contributed by atoms with E-state index < -0.39 is 0 Å². The van der Waals surface area contributed by atoms with E-state index >= 15 is 0 Å². The summed E-state index contributed by atoms with van der Waals surface area (Å²) in [5.74, 6) is 0.509. The number of aliphatic hydroxyl groups is 1. The summed E-state index contributed by atoms with van der Waals surface area (Å²) in [6.07, 6.45) is 1.14. The fraction of sp³-hybridized carbons (Fsp3) is 1.00. The number of aliphatic hydroxyl groups excluding tert-OH is 1. The van der Waals surface area contributed by atoms with Gasteiger partial charge in [-0.1, -0.05) is 0 Å². The Balaban J connectivity index is 2.45. The Bertz CT molecular complexity index is 108. The van der Waals surface area contributed by atoms with E-state index in [1.807, 2.05) is 7.05 Å². The van der Waals surface area contributed by atoms with Crippen LogP contribution in [0.5, 0.6) is 0 Å². The predicted octanol–water partition coefficient (Wildman–Crippen LogP) is -0.742. The van der Waals surface area contributed by atoms with E-state index in [2.05, 4.69) is 4.90 Å².